The summed E-state index contributed by atoms with van der Waals surface area (Å²) in [4.78, 5) is 29.3. The summed E-state index contributed by atoms with van der Waals surface area (Å²) in [6.07, 6.45) is 6.55. The van der Waals surface area contributed by atoms with Crippen LogP contribution in [0.25, 0.3) is 42.8 Å². The molecular weight excluding hydrogens is 408 g/mol. The smallest absolute Gasteiger partial charge is 0.292 e. The second-order valence-corrected chi connectivity index (χ2v) is 8.21. The molecule has 0 fully saturated rings. The quantitative estimate of drug-likeness (QED) is 0.320. The van der Waals surface area contributed by atoms with E-state index in [0.29, 0.717) is 10.2 Å². The molecule has 0 saturated carbocycles. The largest absolute Gasteiger partial charge is 0.367 e. The van der Waals surface area contributed by atoms with E-state index in [-0.39, 0.29) is 5.56 Å². The number of rotatable bonds is 4. The predicted octanol–water partition coefficient (Wildman–Crippen LogP) is 4.09. The lowest BCUT2D eigenvalue weighted by Crippen LogP contribution is -2.18. The molecule has 152 valence electrons. The summed E-state index contributed by atoms with van der Waals surface area (Å²) in [5.41, 5.74) is 4.17. The molecule has 5 rings (SSSR count). The van der Waals surface area contributed by atoms with Gasteiger partial charge in [-0.2, -0.15) is 9.78 Å². The zero-order chi connectivity index (χ0) is 21.4. The summed E-state index contributed by atoms with van der Waals surface area (Å²) >= 11 is 1.34. The summed E-state index contributed by atoms with van der Waals surface area (Å²) < 4.78 is 1.78. The van der Waals surface area contributed by atoms with E-state index in [2.05, 4.69) is 15.1 Å². The third-order valence-corrected chi connectivity index (χ3v) is 5.85. The zero-order valence-corrected chi connectivity index (χ0v) is 17.7. The Morgan fingerprint density at radius 3 is 2.65 bits per heavy atom. The van der Waals surface area contributed by atoms with Gasteiger partial charge in [0, 0.05) is 37.4 Å². The standard InChI is InChI=1S/C23H18N6OS/c1-28(2)14-26-29-13-25-20-19-17(15-7-4-3-5-8-15)11-18(16-9-6-10-24-12-16)27-22(19)31-21(20)23(29)30/h3-14H,1-2H3/b26-14+. The Morgan fingerprint density at radius 2 is 1.90 bits per heavy atom. The van der Waals surface area contributed by atoms with Crippen LogP contribution in [0.5, 0.6) is 0 Å². The van der Waals surface area contributed by atoms with Gasteiger partial charge in [-0.1, -0.05) is 30.3 Å². The lowest BCUT2D eigenvalue weighted by atomic mass is 10.0. The normalized spacial score (nSPS) is 11.5. The number of thiophene rings is 1. The number of nitrogens with zero attached hydrogens (tertiary/aromatic N) is 6. The highest BCUT2D eigenvalue weighted by Gasteiger charge is 2.18. The lowest BCUT2D eigenvalue weighted by Gasteiger charge is -2.08. The first-order valence-corrected chi connectivity index (χ1v) is 10.4. The number of aromatic nitrogens is 4. The monoisotopic (exact) mass is 426 g/mol. The van der Waals surface area contributed by atoms with Gasteiger partial charge in [0.1, 0.15) is 22.2 Å². The van der Waals surface area contributed by atoms with Crippen molar-refractivity contribution in [3.8, 4) is 22.4 Å². The maximum atomic E-state index is 13.1. The lowest BCUT2D eigenvalue weighted by molar-refractivity contribution is 0.629. The minimum absolute atomic E-state index is 0.215. The molecule has 0 bridgehead atoms. The van der Waals surface area contributed by atoms with Crippen LogP contribution in [0.15, 0.2) is 77.1 Å². The molecule has 31 heavy (non-hydrogen) atoms. The summed E-state index contributed by atoms with van der Waals surface area (Å²) in [7, 11) is 3.69. The van der Waals surface area contributed by atoms with Gasteiger partial charge in [-0.05, 0) is 29.3 Å². The predicted molar refractivity (Wildman–Crippen MR) is 125 cm³/mol. The molecule has 0 aliphatic rings. The molecule has 4 heterocycles. The maximum Gasteiger partial charge on any atom is 0.292 e. The molecule has 0 aliphatic carbocycles. The van der Waals surface area contributed by atoms with Crippen molar-refractivity contribution in [2.75, 3.05) is 14.1 Å². The van der Waals surface area contributed by atoms with Crippen LogP contribution in [0.3, 0.4) is 0 Å². The van der Waals surface area contributed by atoms with Crippen molar-refractivity contribution in [3.05, 3.63) is 77.6 Å². The fraction of sp³-hybridized carbons (Fsp3) is 0.0870. The second kappa shape index (κ2) is 7.73. The molecule has 0 spiro atoms. The molecule has 0 amide bonds. The van der Waals surface area contributed by atoms with Crippen molar-refractivity contribution in [3.63, 3.8) is 0 Å². The van der Waals surface area contributed by atoms with E-state index in [1.165, 1.54) is 22.3 Å². The summed E-state index contributed by atoms with van der Waals surface area (Å²) in [6, 6.07) is 16.0. The number of fused-ring (bicyclic) bond motifs is 3. The molecule has 0 saturated heterocycles. The first-order chi connectivity index (χ1) is 15.1. The van der Waals surface area contributed by atoms with Crippen LogP contribution >= 0.6 is 11.3 Å². The molecular formula is C23H18N6OS. The molecule has 0 atom stereocenters. The minimum atomic E-state index is -0.215. The topological polar surface area (TPSA) is 76.3 Å². The van der Waals surface area contributed by atoms with Gasteiger partial charge in [-0.3, -0.25) is 9.78 Å². The van der Waals surface area contributed by atoms with Gasteiger partial charge in [-0.25, -0.2) is 9.97 Å². The molecule has 4 aromatic heterocycles. The molecule has 0 unspecified atom stereocenters. The van der Waals surface area contributed by atoms with Crippen molar-refractivity contribution in [1.82, 2.24) is 24.5 Å². The molecule has 5 aromatic rings. The van der Waals surface area contributed by atoms with E-state index in [0.717, 1.165) is 32.6 Å². The Hall–Kier alpha value is -3.91. The van der Waals surface area contributed by atoms with Gasteiger partial charge < -0.3 is 4.90 Å². The third kappa shape index (κ3) is 3.47. The maximum absolute atomic E-state index is 13.1. The van der Waals surface area contributed by atoms with Gasteiger partial charge >= 0.3 is 0 Å². The van der Waals surface area contributed by atoms with E-state index in [9.17, 15) is 4.79 Å². The number of hydrogen-bond acceptors (Lipinski definition) is 6. The first kappa shape index (κ1) is 19.1. The average molecular weight is 427 g/mol. The average Bonchev–Trinajstić information content (AvgIpc) is 3.18. The van der Waals surface area contributed by atoms with E-state index in [4.69, 9.17) is 4.98 Å². The molecule has 0 radical (unpaired) electrons. The fourth-order valence-corrected chi connectivity index (χ4v) is 4.45. The van der Waals surface area contributed by atoms with Crippen LogP contribution in [-0.2, 0) is 0 Å². The Kier molecular flexibility index (Phi) is 4.76. The van der Waals surface area contributed by atoms with Crippen LogP contribution in [0.2, 0.25) is 0 Å². The van der Waals surface area contributed by atoms with Crippen molar-refractivity contribution < 1.29 is 0 Å². The second-order valence-electron chi connectivity index (χ2n) is 7.21. The van der Waals surface area contributed by atoms with Crippen LogP contribution < -0.4 is 5.56 Å². The van der Waals surface area contributed by atoms with E-state index >= 15 is 0 Å². The Morgan fingerprint density at radius 1 is 1.10 bits per heavy atom. The van der Waals surface area contributed by atoms with Gasteiger partial charge in [0.25, 0.3) is 5.56 Å². The number of hydrogen-bond donors (Lipinski definition) is 0. The first-order valence-electron chi connectivity index (χ1n) is 9.63. The van der Waals surface area contributed by atoms with Gasteiger partial charge in [-0.15, -0.1) is 11.3 Å². The minimum Gasteiger partial charge on any atom is -0.367 e. The molecule has 1 aromatic carbocycles. The fourth-order valence-electron chi connectivity index (χ4n) is 3.37. The summed E-state index contributed by atoms with van der Waals surface area (Å²) in [5.74, 6) is 0. The van der Waals surface area contributed by atoms with Crippen LogP contribution in [0, 0.1) is 0 Å². The Bertz CT molecular complexity index is 1470. The van der Waals surface area contributed by atoms with Gasteiger partial charge in [0.2, 0.25) is 0 Å². The van der Waals surface area contributed by atoms with Crippen molar-refractivity contribution in [2.45, 2.75) is 0 Å². The van der Waals surface area contributed by atoms with E-state index in [1.54, 1.807) is 23.6 Å². The van der Waals surface area contributed by atoms with Crippen LogP contribution in [0.1, 0.15) is 0 Å². The molecule has 8 heteroatoms. The van der Waals surface area contributed by atoms with Crippen molar-refractivity contribution >= 4 is 38.1 Å². The molecule has 0 N–H and O–H groups in total. The summed E-state index contributed by atoms with van der Waals surface area (Å²) in [5, 5.41) is 5.07. The van der Waals surface area contributed by atoms with Crippen LogP contribution in [-0.4, -0.2) is 45.0 Å². The zero-order valence-electron chi connectivity index (χ0n) is 16.9. The molecule has 0 aliphatic heterocycles. The Labute approximate surface area is 182 Å². The van der Waals surface area contributed by atoms with Crippen molar-refractivity contribution in [1.29, 1.82) is 0 Å². The van der Waals surface area contributed by atoms with E-state index in [1.807, 2.05) is 62.6 Å². The summed E-state index contributed by atoms with van der Waals surface area (Å²) in [6.45, 7) is 0. The van der Waals surface area contributed by atoms with Crippen LogP contribution in [0.4, 0.5) is 0 Å². The Balaban J connectivity index is 1.83. The molecule has 7 nitrogen and oxygen atoms in total. The number of pyridine rings is 2. The van der Waals surface area contributed by atoms with Crippen molar-refractivity contribution in [2.24, 2.45) is 5.10 Å². The number of benzene rings is 1. The highest BCUT2D eigenvalue weighted by molar-refractivity contribution is 7.25. The third-order valence-electron chi connectivity index (χ3n) is 4.78. The van der Waals surface area contributed by atoms with Gasteiger partial charge in [0.15, 0.2) is 0 Å². The van der Waals surface area contributed by atoms with Gasteiger partial charge in [0.05, 0.1) is 11.2 Å². The van der Waals surface area contributed by atoms with E-state index < -0.39 is 0 Å². The SMILES string of the molecule is CN(C)/C=N/n1cnc2c(sc3nc(-c4cccnc4)cc(-c4ccccc4)c32)c1=O. The highest BCUT2D eigenvalue weighted by Crippen LogP contribution is 2.39. The highest BCUT2D eigenvalue weighted by atomic mass is 32.1.